The van der Waals surface area contributed by atoms with E-state index in [-0.39, 0.29) is 17.4 Å². The fourth-order valence-corrected chi connectivity index (χ4v) is 4.12. The lowest BCUT2D eigenvalue weighted by Gasteiger charge is -2.33. The van der Waals surface area contributed by atoms with Crippen molar-refractivity contribution < 1.29 is 4.42 Å². The van der Waals surface area contributed by atoms with E-state index in [1.807, 2.05) is 19.9 Å². The van der Waals surface area contributed by atoms with Crippen LogP contribution in [0.4, 0.5) is 0 Å². The lowest BCUT2D eigenvalue weighted by molar-refractivity contribution is 0.273. The van der Waals surface area contributed by atoms with Crippen LogP contribution in [0.1, 0.15) is 47.8 Å². The van der Waals surface area contributed by atoms with E-state index < -0.39 is 0 Å². The van der Waals surface area contributed by atoms with Crippen LogP contribution in [0.2, 0.25) is 0 Å². The summed E-state index contributed by atoms with van der Waals surface area (Å²) in [7, 11) is 0. The summed E-state index contributed by atoms with van der Waals surface area (Å²) in [6.07, 6.45) is 6.89. The predicted octanol–water partition coefficient (Wildman–Crippen LogP) is 3.37. The Kier molecular flexibility index (Phi) is 4.07. The molecular formula is C19H17IN6O2. The number of fused-ring (bicyclic) bond motifs is 1. The van der Waals surface area contributed by atoms with Gasteiger partial charge in [0.05, 0.1) is 23.8 Å². The molecule has 0 unspecified atom stereocenters. The van der Waals surface area contributed by atoms with Crippen LogP contribution in [0.3, 0.4) is 0 Å². The van der Waals surface area contributed by atoms with Crippen molar-refractivity contribution in [2.75, 3.05) is 0 Å². The molecule has 0 aromatic carbocycles. The van der Waals surface area contributed by atoms with Gasteiger partial charge in [-0.25, -0.2) is 14.6 Å². The van der Waals surface area contributed by atoms with Crippen molar-refractivity contribution in [3.63, 3.8) is 0 Å². The Balaban J connectivity index is 1.60. The van der Waals surface area contributed by atoms with Crippen molar-refractivity contribution in [1.29, 1.82) is 0 Å². The van der Waals surface area contributed by atoms with Crippen molar-refractivity contribution in [2.45, 2.75) is 38.5 Å². The SMILES string of the molecule is Cc1nc([C@@H]2CC[C@@H]2c2nc3c(cnn3-c3cnccc3I)c(=O)[nH]2)oc1C. The molecule has 0 spiro atoms. The number of nitrogens with one attached hydrogen (secondary N) is 1. The molecular weight excluding hydrogens is 471 g/mol. The quantitative estimate of drug-likeness (QED) is 0.444. The van der Waals surface area contributed by atoms with Crippen LogP contribution >= 0.6 is 22.6 Å². The summed E-state index contributed by atoms with van der Waals surface area (Å²) in [5.41, 5.74) is 2.05. The van der Waals surface area contributed by atoms with Crippen molar-refractivity contribution in [2.24, 2.45) is 0 Å². The fourth-order valence-electron chi connectivity index (χ4n) is 3.59. The third-order valence-electron chi connectivity index (χ3n) is 5.42. The molecule has 4 aromatic rings. The molecule has 0 bridgehead atoms. The first-order valence-electron chi connectivity index (χ1n) is 9.04. The van der Waals surface area contributed by atoms with E-state index in [2.05, 4.69) is 42.6 Å². The number of oxazole rings is 1. The van der Waals surface area contributed by atoms with E-state index >= 15 is 0 Å². The van der Waals surface area contributed by atoms with Gasteiger partial charge < -0.3 is 9.40 Å². The first kappa shape index (κ1) is 17.5. The minimum Gasteiger partial charge on any atom is -0.445 e. The molecule has 0 saturated heterocycles. The number of rotatable bonds is 3. The van der Waals surface area contributed by atoms with E-state index in [9.17, 15) is 4.79 Å². The molecule has 4 aromatic heterocycles. The summed E-state index contributed by atoms with van der Waals surface area (Å²) in [5.74, 6) is 2.42. The van der Waals surface area contributed by atoms with Crippen molar-refractivity contribution in [3.05, 3.63) is 61.8 Å². The van der Waals surface area contributed by atoms with Gasteiger partial charge in [0.15, 0.2) is 11.5 Å². The summed E-state index contributed by atoms with van der Waals surface area (Å²) < 4.78 is 8.48. The van der Waals surface area contributed by atoms with E-state index in [0.717, 1.165) is 39.4 Å². The second-order valence-corrected chi connectivity index (χ2v) is 8.22. The molecule has 1 N–H and O–H groups in total. The molecule has 142 valence electrons. The Hall–Kier alpha value is -2.56. The molecule has 9 heteroatoms. The maximum Gasteiger partial charge on any atom is 0.262 e. The Morgan fingerprint density at radius 2 is 2.04 bits per heavy atom. The molecule has 5 rings (SSSR count). The topological polar surface area (TPSA) is 102 Å². The smallest absolute Gasteiger partial charge is 0.262 e. The molecule has 0 amide bonds. The van der Waals surface area contributed by atoms with Crippen LogP contribution in [-0.2, 0) is 0 Å². The average Bonchev–Trinajstić information content (AvgIpc) is 3.18. The van der Waals surface area contributed by atoms with Gasteiger partial charge in [0.1, 0.15) is 17.0 Å². The van der Waals surface area contributed by atoms with Gasteiger partial charge in [-0.2, -0.15) is 5.10 Å². The van der Waals surface area contributed by atoms with Gasteiger partial charge in [0.2, 0.25) is 0 Å². The monoisotopic (exact) mass is 488 g/mol. The van der Waals surface area contributed by atoms with Crippen LogP contribution in [-0.4, -0.2) is 29.7 Å². The molecule has 1 saturated carbocycles. The zero-order valence-corrected chi connectivity index (χ0v) is 17.5. The highest BCUT2D eigenvalue weighted by atomic mass is 127. The number of aromatic nitrogens is 6. The van der Waals surface area contributed by atoms with Crippen LogP contribution < -0.4 is 5.56 Å². The number of aryl methyl sites for hydroxylation is 2. The second-order valence-electron chi connectivity index (χ2n) is 7.06. The van der Waals surface area contributed by atoms with Gasteiger partial charge in [-0.15, -0.1) is 0 Å². The summed E-state index contributed by atoms with van der Waals surface area (Å²) in [5, 5.41) is 4.84. The highest BCUT2D eigenvalue weighted by molar-refractivity contribution is 14.1. The molecule has 0 aliphatic heterocycles. The van der Waals surface area contributed by atoms with Crippen LogP contribution in [0, 0.1) is 17.4 Å². The fraction of sp³-hybridized carbons (Fsp3) is 0.316. The number of aromatic amines is 1. The first-order chi connectivity index (χ1) is 13.5. The number of halogens is 1. The Morgan fingerprint density at radius 3 is 2.71 bits per heavy atom. The zero-order valence-electron chi connectivity index (χ0n) is 15.3. The van der Waals surface area contributed by atoms with E-state index in [0.29, 0.717) is 16.9 Å². The first-order valence-corrected chi connectivity index (χ1v) is 10.1. The Morgan fingerprint density at radius 1 is 1.21 bits per heavy atom. The van der Waals surface area contributed by atoms with Crippen LogP contribution in [0.15, 0.2) is 33.9 Å². The maximum absolute atomic E-state index is 12.7. The highest BCUT2D eigenvalue weighted by Gasteiger charge is 2.39. The largest absolute Gasteiger partial charge is 0.445 e. The number of hydrogen-bond donors (Lipinski definition) is 1. The summed E-state index contributed by atoms with van der Waals surface area (Å²) in [4.78, 5) is 29.1. The summed E-state index contributed by atoms with van der Waals surface area (Å²) in [6, 6.07) is 1.90. The zero-order chi connectivity index (χ0) is 19.4. The van der Waals surface area contributed by atoms with Gasteiger partial charge in [-0.05, 0) is 55.3 Å². The highest BCUT2D eigenvalue weighted by Crippen LogP contribution is 2.47. The van der Waals surface area contributed by atoms with Crippen molar-refractivity contribution in [3.8, 4) is 5.69 Å². The van der Waals surface area contributed by atoms with Crippen molar-refractivity contribution >= 4 is 33.6 Å². The van der Waals surface area contributed by atoms with Gasteiger partial charge in [0, 0.05) is 21.6 Å². The molecule has 1 aliphatic carbocycles. The normalized spacial score (nSPS) is 19.1. The Labute approximate surface area is 173 Å². The van der Waals surface area contributed by atoms with E-state index in [1.165, 1.54) is 0 Å². The molecule has 0 radical (unpaired) electrons. The number of pyridine rings is 1. The predicted molar refractivity (Wildman–Crippen MR) is 111 cm³/mol. The minimum absolute atomic E-state index is 0.0749. The van der Waals surface area contributed by atoms with E-state index in [1.54, 1.807) is 23.3 Å². The standard InChI is InChI=1S/C19H17IN6O2/c1-9-10(2)28-19(23-9)12-4-3-11(12)16-24-17-13(18(27)25-16)7-22-26(17)15-8-21-6-5-14(15)20/h5-8,11-12H,3-4H2,1-2H3,(H,24,25,27)/t11-,12+/m0/s1. The number of hydrogen-bond acceptors (Lipinski definition) is 6. The van der Waals surface area contributed by atoms with Crippen molar-refractivity contribution in [1.82, 2.24) is 29.7 Å². The molecule has 2 atom stereocenters. The summed E-state index contributed by atoms with van der Waals surface area (Å²) >= 11 is 2.22. The lowest BCUT2D eigenvalue weighted by Crippen LogP contribution is -2.26. The number of nitrogens with zero attached hydrogens (tertiary/aromatic N) is 5. The second kappa shape index (κ2) is 6.50. The summed E-state index contributed by atoms with van der Waals surface area (Å²) in [6.45, 7) is 3.86. The molecule has 8 nitrogen and oxygen atoms in total. The molecule has 28 heavy (non-hydrogen) atoms. The molecule has 4 heterocycles. The molecule has 1 fully saturated rings. The van der Waals surface area contributed by atoms with Gasteiger partial charge in [-0.1, -0.05) is 0 Å². The minimum atomic E-state index is -0.185. The Bertz CT molecular complexity index is 1240. The van der Waals surface area contributed by atoms with Crippen LogP contribution in [0.25, 0.3) is 16.7 Å². The van der Waals surface area contributed by atoms with Crippen LogP contribution in [0.5, 0.6) is 0 Å². The van der Waals surface area contributed by atoms with Gasteiger partial charge in [-0.3, -0.25) is 9.78 Å². The van der Waals surface area contributed by atoms with E-state index in [4.69, 9.17) is 9.40 Å². The third-order valence-corrected chi connectivity index (χ3v) is 6.33. The maximum atomic E-state index is 12.7. The molecule has 1 aliphatic rings. The van der Waals surface area contributed by atoms with Gasteiger partial charge in [0.25, 0.3) is 5.56 Å². The third kappa shape index (κ3) is 2.67. The lowest BCUT2D eigenvalue weighted by atomic mass is 9.73. The van der Waals surface area contributed by atoms with Gasteiger partial charge >= 0.3 is 0 Å². The average molecular weight is 488 g/mol. The number of H-pyrrole nitrogens is 1.